The van der Waals surface area contributed by atoms with Crippen LogP contribution in [0, 0.1) is 0 Å². The van der Waals surface area contributed by atoms with Crippen LogP contribution in [0.1, 0.15) is 6.92 Å². The summed E-state index contributed by atoms with van der Waals surface area (Å²) in [6.45, 7) is 2.26. The Labute approximate surface area is 123 Å². The second-order valence-corrected chi connectivity index (χ2v) is 6.34. The number of pyridine rings is 1. The molecule has 0 bridgehead atoms. The Hall–Kier alpha value is -2.28. The number of benzene rings is 1. The smallest absolute Gasteiger partial charge is 0.240 e. The molecule has 0 radical (unpaired) electrons. The van der Waals surface area contributed by atoms with E-state index in [9.17, 15) is 8.42 Å². The average molecular weight is 308 g/mol. The summed E-state index contributed by atoms with van der Waals surface area (Å²) in [6.07, 6.45) is 1.14. The van der Waals surface area contributed by atoms with E-state index in [2.05, 4.69) is 4.98 Å². The van der Waals surface area contributed by atoms with Gasteiger partial charge < -0.3 is 15.2 Å². The van der Waals surface area contributed by atoms with Gasteiger partial charge in [-0.2, -0.15) is 4.98 Å². The van der Waals surface area contributed by atoms with E-state index in [0.717, 1.165) is 6.26 Å². The van der Waals surface area contributed by atoms with Crippen LogP contribution in [0.25, 0.3) is 0 Å². The molecule has 0 spiro atoms. The summed E-state index contributed by atoms with van der Waals surface area (Å²) in [5, 5.41) is 0. The van der Waals surface area contributed by atoms with Crippen molar-refractivity contribution >= 4 is 15.5 Å². The Morgan fingerprint density at radius 1 is 1.24 bits per heavy atom. The van der Waals surface area contributed by atoms with Gasteiger partial charge in [0, 0.05) is 12.3 Å². The molecule has 2 rings (SSSR count). The fraction of sp³-hybridized carbons (Fsp3) is 0.214. The van der Waals surface area contributed by atoms with Crippen molar-refractivity contribution in [3.8, 4) is 17.5 Å². The number of aromatic nitrogens is 1. The fourth-order valence-corrected chi connectivity index (χ4v) is 2.29. The Bertz CT molecular complexity index is 744. The molecular formula is C14H16N2O4S. The average Bonchev–Trinajstić information content (AvgIpc) is 2.42. The number of hydrogen-bond acceptors (Lipinski definition) is 6. The summed E-state index contributed by atoms with van der Waals surface area (Å²) in [6, 6.07) is 9.40. The Kier molecular flexibility index (Phi) is 4.32. The number of hydrogen-bond donors (Lipinski definition) is 1. The van der Waals surface area contributed by atoms with E-state index in [1.807, 2.05) is 6.92 Å². The van der Waals surface area contributed by atoms with Gasteiger partial charge in [-0.25, -0.2) is 8.42 Å². The Morgan fingerprint density at radius 2 is 2.00 bits per heavy atom. The highest BCUT2D eigenvalue weighted by Gasteiger charge is 2.10. The van der Waals surface area contributed by atoms with E-state index in [0.29, 0.717) is 18.0 Å². The van der Waals surface area contributed by atoms with Crippen LogP contribution < -0.4 is 15.2 Å². The number of ether oxygens (including phenoxy) is 2. The number of nitrogens with two attached hydrogens (primary N) is 1. The molecule has 0 saturated heterocycles. The fourth-order valence-electron chi connectivity index (χ4n) is 1.63. The van der Waals surface area contributed by atoms with Crippen molar-refractivity contribution in [3.63, 3.8) is 0 Å². The summed E-state index contributed by atoms with van der Waals surface area (Å²) in [7, 11) is -3.29. The molecule has 0 aliphatic rings. The molecule has 0 aliphatic carbocycles. The maximum absolute atomic E-state index is 11.5. The molecule has 2 aromatic rings. The molecule has 0 aliphatic heterocycles. The molecule has 21 heavy (non-hydrogen) atoms. The summed E-state index contributed by atoms with van der Waals surface area (Å²) in [5.74, 6) is 0.935. The van der Waals surface area contributed by atoms with E-state index in [1.165, 1.54) is 12.1 Å². The van der Waals surface area contributed by atoms with Gasteiger partial charge in [0.15, 0.2) is 9.84 Å². The predicted octanol–water partition coefficient (Wildman–Crippen LogP) is 2.26. The lowest BCUT2D eigenvalue weighted by atomic mass is 10.3. The predicted molar refractivity (Wildman–Crippen MR) is 79.4 cm³/mol. The zero-order valence-corrected chi connectivity index (χ0v) is 12.6. The van der Waals surface area contributed by atoms with Gasteiger partial charge >= 0.3 is 0 Å². The van der Waals surface area contributed by atoms with Crippen LogP contribution in [0.4, 0.5) is 5.69 Å². The summed E-state index contributed by atoms with van der Waals surface area (Å²) >= 11 is 0. The summed E-state index contributed by atoms with van der Waals surface area (Å²) in [4.78, 5) is 4.31. The molecule has 7 heteroatoms. The maximum Gasteiger partial charge on any atom is 0.240 e. The maximum atomic E-state index is 11.5. The third kappa shape index (κ3) is 3.85. The van der Waals surface area contributed by atoms with E-state index in [-0.39, 0.29) is 16.7 Å². The van der Waals surface area contributed by atoms with Crippen molar-refractivity contribution in [1.82, 2.24) is 4.98 Å². The highest BCUT2D eigenvalue weighted by atomic mass is 32.2. The second-order valence-electron chi connectivity index (χ2n) is 4.33. The first kappa shape index (κ1) is 15.1. The minimum Gasteiger partial charge on any atom is -0.476 e. The van der Waals surface area contributed by atoms with E-state index < -0.39 is 9.84 Å². The van der Waals surface area contributed by atoms with Gasteiger partial charge in [-0.15, -0.1) is 0 Å². The molecule has 0 fully saturated rings. The minimum absolute atomic E-state index is 0.181. The van der Waals surface area contributed by atoms with Crippen LogP contribution in [0.5, 0.6) is 17.5 Å². The number of anilines is 1. The number of sulfone groups is 1. The molecule has 1 heterocycles. The largest absolute Gasteiger partial charge is 0.476 e. The van der Waals surface area contributed by atoms with Crippen molar-refractivity contribution in [2.45, 2.75) is 11.8 Å². The van der Waals surface area contributed by atoms with Gasteiger partial charge in [0.1, 0.15) is 5.75 Å². The highest BCUT2D eigenvalue weighted by molar-refractivity contribution is 7.90. The quantitative estimate of drug-likeness (QED) is 0.911. The first-order valence-electron chi connectivity index (χ1n) is 6.27. The Balaban J connectivity index is 2.28. The molecule has 0 atom stereocenters. The van der Waals surface area contributed by atoms with E-state index in [1.54, 1.807) is 24.3 Å². The molecule has 1 aromatic carbocycles. The van der Waals surface area contributed by atoms with Crippen molar-refractivity contribution < 1.29 is 17.9 Å². The first-order chi connectivity index (χ1) is 9.90. The summed E-state index contributed by atoms with van der Waals surface area (Å²) < 4.78 is 33.9. The number of nitrogen functional groups attached to an aromatic ring is 1. The van der Waals surface area contributed by atoms with Crippen LogP contribution >= 0.6 is 0 Å². The van der Waals surface area contributed by atoms with Gasteiger partial charge in [-0.3, -0.25) is 0 Å². The zero-order valence-electron chi connectivity index (χ0n) is 11.7. The minimum atomic E-state index is -3.29. The SMILES string of the molecule is CCOc1nc(Oc2cccc(S(C)(=O)=O)c2)ccc1N. The van der Waals surface area contributed by atoms with E-state index in [4.69, 9.17) is 15.2 Å². The number of rotatable bonds is 5. The number of nitrogens with zero attached hydrogens (tertiary/aromatic N) is 1. The molecule has 6 nitrogen and oxygen atoms in total. The molecule has 2 N–H and O–H groups in total. The lowest BCUT2D eigenvalue weighted by Gasteiger charge is -2.09. The van der Waals surface area contributed by atoms with Gasteiger partial charge in [0.25, 0.3) is 0 Å². The molecular weight excluding hydrogens is 292 g/mol. The zero-order chi connectivity index (χ0) is 15.5. The van der Waals surface area contributed by atoms with E-state index >= 15 is 0 Å². The lowest BCUT2D eigenvalue weighted by molar-refractivity contribution is 0.323. The first-order valence-corrected chi connectivity index (χ1v) is 8.16. The van der Waals surface area contributed by atoms with Gasteiger partial charge in [-0.1, -0.05) is 6.07 Å². The van der Waals surface area contributed by atoms with Crippen LogP contribution in [0.3, 0.4) is 0 Å². The van der Waals surface area contributed by atoms with Crippen LogP contribution in [-0.4, -0.2) is 26.3 Å². The molecule has 1 aromatic heterocycles. The molecule has 0 saturated carbocycles. The van der Waals surface area contributed by atoms with Gasteiger partial charge in [-0.05, 0) is 31.2 Å². The van der Waals surface area contributed by atoms with Crippen LogP contribution in [0.15, 0.2) is 41.3 Å². The topological polar surface area (TPSA) is 91.5 Å². The monoisotopic (exact) mass is 308 g/mol. The van der Waals surface area contributed by atoms with Gasteiger partial charge in [0.05, 0.1) is 17.2 Å². The normalized spacial score (nSPS) is 11.1. The summed E-state index contributed by atoms with van der Waals surface area (Å²) in [5.41, 5.74) is 6.14. The third-order valence-electron chi connectivity index (χ3n) is 2.60. The van der Waals surface area contributed by atoms with Crippen molar-refractivity contribution in [2.24, 2.45) is 0 Å². The molecule has 112 valence electrons. The van der Waals surface area contributed by atoms with Gasteiger partial charge in [0.2, 0.25) is 11.8 Å². The van der Waals surface area contributed by atoms with Crippen molar-refractivity contribution in [2.75, 3.05) is 18.6 Å². The second kappa shape index (κ2) is 6.01. The van der Waals surface area contributed by atoms with Crippen molar-refractivity contribution in [1.29, 1.82) is 0 Å². The molecule has 0 unspecified atom stereocenters. The van der Waals surface area contributed by atoms with Crippen molar-refractivity contribution in [3.05, 3.63) is 36.4 Å². The lowest BCUT2D eigenvalue weighted by Crippen LogP contribution is -2.01. The van der Waals surface area contributed by atoms with Crippen LogP contribution in [0.2, 0.25) is 0 Å². The Morgan fingerprint density at radius 3 is 2.67 bits per heavy atom. The standard InChI is InChI=1S/C14H16N2O4S/c1-3-19-14-12(15)7-8-13(16-14)20-10-5-4-6-11(9-10)21(2,17)18/h4-9H,3,15H2,1-2H3. The highest BCUT2D eigenvalue weighted by Crippen LogP contribution is 2.27. The third-order valence-corrected chi connectivity index (χ3v) is 3.71. The molecule has 0 amide bonds. The van der Waals surface area contributed by atoms with Crippen LogP contribution in [-0.2, 0) is 9.84 Å².